The average Bonchev–Trinajstić information content (AvgIpc) is 3.65. The maximum atomic E-state index is 11.0. The first-order valence-electron chi connectivity index (χ1n) is 11.9. The van der Waals surface area contributed by atoms with Gasteiger partial charge in [0.05, 0.1) is 15.4 Å². The van der Waals surface area contributed by atoms with Crippen LogP contribution in [-0.4, -0.2) is 15.8 Å². The van der Waals surface area contributed by atoms with Crippen LogP contribution in [-0.2, 0) is 6.54 Å². The van der Waals surface area contributed by atoms with Gasteiger partial charge >= 0.3 is 0 Å². The fourth-order valence-corrected chi connectivity index (χ4v) is 6.40. The van der Waals surface area contributed by atoms with Crippen LogP contribution in [0.3, 0.4) is 0 Å². The number of nitrogens with zero attached hydrogens (tertiary/aromatic N) is 2. The number of hydrogen-bond donors (Lipinski definition) is 0. The maximum Gasteiger partial charge on any atom is 0.160 e. The topological polar surface area (TPSA) is 34.9 Å². The van der Waals surface area contributed by atoms with Crippen molar-refractivity contribution in [3.05, 3.63) is 89.1 Å². The summed E-state index contributed by atoms with van der Waals surface area (Å²) >= 11 is 3.09. The van der Waals surface area contributed by atoms with E-state index in [1.54, 1.807) is 11.3 Å². The summed E-state index contributed by atoms with van der Waals surface area (Å²) in [5, 5.41) is 5.67. The molecule has 0 aliphatic rings. The molecule has 0 amide bonds. The van der Waals surface area contributed by atoms with Crippen molar-refractivity contribution < 1.29 is 4.79 Å². The molecule has 0 spiro atoms. The molecule has 3 heterocycles. The summed E-state index contributed by atoms with van der Waals surface area (Å²) in [5.74, 6) is 0. The lowest BCUT2D eigenvalue weighted by atomic mass is 10.0. The van der Waals surface area contributed by atoms with E-state index in [1.807, 2.05) is 12.1 Å². The summed E-state index contributed by atoms with van der Waals surface area (Å²) < 4.78 is 2.46. The van der Waals surface area contributed by atoms with Gasteiger partial charge in [-0.2, -0.15) is 0 Å². The number of carbonyl (C=O) groups excluding carboxylic acids is 1. The lowest BCUT2D eigenvalue weighted by Gasteiger charge is -2.07. The first kappa shape index (κ1) is 22.0. The molecule has 0 aliphatic carbocycles. The van der Waals surface area contributed by atoms with E-state index in [0.29, 0.717) is 0 Å². The first-order chi connectivity index (χ1) is 17.2. The fourth-order valence-electron chi connectivity index (χ4n) is 4.67. The number of aromatic nitrogens is 2. The van der Waals surface area contributed by atoms with Crippen molar-refractivity contribution >= 4 is 50.8 Å². The third-order valence-electron chi connectivity index (χ3n) is 6.48. The standard InChI is InChI=1S/C30H24N2OS2/c1-2-3-16-32-27-7-5-4-6-24(27)25-17-22(12-14-28(25)32)20-8-10-21(11-9-20)26-19-34-30(31-26)29-15-13-23(18-33)35-29/h4-15,17-19H,2-3,16H2,1H3. The highest BCUT2D eigenvalue weighted by atomic mass is 32.1. The number of thiazole rings is 1. The zero-order valence-corrected chi connectivity index (χ0v) is 21.0. The number of rotatable bonds is 7. The highest BCUT2D eigenvalue weighted by molar-refractivity contribution is 7.22. The minimum Gasteiger partial charge on any atom is -0.340 e. The lowest BCUT2D eigenvalue weighted by molar-refractivity contribution is 0.112. The Kier molecular flexibility index (Phi) is 5.80. The Morgan fingerprint density at radius 1 is 0.857 bits per heavy atom. The smallest absolute Gasteiger partial charge is 0.160 e. The molecule has 0 atom stereocenters. The van der Waals surface area contributed by atoms with E-state index in [4.69, 9.17) is 4.98 Å². The Balaban J connectivity index is 1.33. The molecule has 0 aliphatic heterocycles. The van der Waals surface area contributed by atoms with Gasteiger partial charge in [0.15, 0.2) is 6.29 Å². The molecule has 5 heteroatoms. The van der Waals surface area contributed by atoms with E-state index < -0.39 is 0 Å². The number of hydrogen-bond acceptors (Lipinski definition) is 4. The molecule has 0 saturated carbocycles. The average molecular weight is 493 g/mol. The molecule has 0 N–H and O–H groups in total. The molecule has 0 saturated heterocycles. The van der Waals surface area contributed by atoms with Gasteiger partial charge in [0.25, 0.3) is 0 Å². The Morgan fingerprint density at radius 3 is 2.43 bits per heavy atom. The Bertz CT molecular complexity index is 1650. The van der Waals surface area contributed by atoms with E-state index in [0.717, 1.165) is 38.9 Å². The zero-order chi connectivity index (χ0) is 23.8. The van der Waals surface area contributed by atoms with Crippen molar-refractivity contribution in [3.63, 3.8) is 0 Å². The molecule has 35 heavy (non-hydrogen) atoms. The quantitative estimate of drug-likeness (QED) is 0.209. The number of para-hydroxylation sites is 1. The largest absolute Gasteiger partial charge is 0.340 e. The predicted molar refractivity (Wildman–Crippen MR) is 150 cm³/mol. The summed E-state index contributed by atoms with van der Waals surface area (Å²) in [5.41, 5.74) is 7.11. The highest BCUT2D eigenvalue weighted by Crippen LogP contribution is 2.35. The Hall–Kier alpha value is -3.54. The predicted octanol–water partition coefficient (Wildman–Crippen LogP) is 8.93. The van der Waals surface area contributed by atoms with E-state index in [-0.39, 0.29) is 0 Å². The highest BCUT2D eigenvalue weighted by Gasteiger charge is 2.12. The number of unbranched alkanes of at least 4 members (excludes halogenated alkanes) is 1. The van der Waals surface area contributed by atoms with Crippen LogP contribution in [0.15, 0.2) is 84.2 Å². The minimum absolute atomic E-state index is 0.728. The van der Waals surface area contributed by atoms with Gasteiger partial charge in [0.2, 0.25) is 0 Å². The number of benzene rings is 3. The lowest BCUT2D eigenvalue weighted by Crippen LogP contribution is -1.96. The second-order valence-corrected chi connectivity index (χ2v) is 10.7. The third-order valence-corrected chi connectivity index (χ3v) is 8.50. The van der Waals surface area contributed by atoms with Gasteiger partial charge in [-0.05, 0) is 47.9 Å². The first-order valence-corrected chi connectivity index (χ1v) is 13.6. The van der Waals surface area contributed by atoms with Gasteiger partial charge in [0.1, 0.15) is 5.01 Å². The molecule has 0 fully saturated rings. The molecule has 0 radical (unpaired) electrons. The van der Waals surface area contributed by atoms with Crippen LogP contribution >= 0.6 is 22.7 Å². The second kappa shape index (κ2) is 9.25. The molecule has 3 aromatic heterocycles. The Labute approximate surface area is 212 Å². The van der Waals surface area contributed by atoms with Crippen molar-refractivity contribution in [3.8, 4) is 32.3 Å². The maximum absolute atomic E-state index is 11.0. The molecule has 3 aromatic carbocycles. The third kappa shape index (κ3) is 4.01. The van der Waals surface area contributed by atoms with Crippen LogP contribution in [0.4, 0.5) is 0 Å². The van der Waals surface area contributed by atoms with Gasteiger partial charge in [-0.25, -0.2) is 4.98 Å². The summed E-state index contributed by atoms with van der Waals surface area (Å²) in [7, 11) is 0. The monoisotopic (exact) mass is 492 g/mol. The van der Waals surface area contributed by atoms with Crippen LogP contribution in [0.5, 0.6) is 0 Å². The summed E-state index contributed by atoms with van der Waals surface area (Å²) in [6.45, 7) is 3.29. The van der Waals surface area contributed by atoms with Gasteiger partial charge < -0.3 is 4.57 Å². The zero-order valence-electron chi connectivity index (χ0n) is 19.4. The van der Waals surface area contributed by atoms with E-state index in [1.165, 1.54) is 57.1 Å². The van der Waals surface area contributed by atoms with Crippen LogP contribution in [0.25, 0.3) is 54.1 Å². The second-order valence-electron chi connectivity index (χ2n) is 8.69. The van der Waals surface area contributed by atoms with Gasteiger partial charge in [0, 0.05) is 39.3 Å². The molecular formula is C30H24N2OS2. The minimum atomic E-state index is 0.728. The summed E-state index contributed by atoms with van der Waals surface area (Å²) in [4.78, 5) is 17.6. The Morgan fingerprint density at radius 2 is 1.63 bits per heavy atom. The van der Waals surface area contributed by atoms with Gasteiger partial charge in [-0.15, -0.1) is 22.7 Å². The SMILES string of the molecule is CCCCn1c2ccccc2c2cc(-c3ccc(-c4csc(-c5ccc(C=O)s5)n4)cc3)ccc21. The van der Waals surface area contributed by atoms with Gasteiger partial charge in [-0.1, -0.05) is 61.9 Å². The number of fused-ring (bicyclic) bond motifs is 3. The van der Waals surface area contributed by atoms with Crippen LogP contribution in [0.1, 0.15) is 29.4 Å². The van der Waals surface area contributed by atoms with E-state index in [2.05, 4.69) is 83.6 Å². The van der Waals surface area contributed by atoms with Crippen molar-refractivity contribution in [1.29, 1.82) is 0 Å². The van der Waals surface area contributed by atoms with E-state index >= 15 is 0 Å². The van der Waals surface area contributed by atoms with Crippen LogP contribution in [0, 0.1) is 0 Å². The normalized spacial score (nSPS) is 11.5. The van der Waals surface area contributed by atoms with Crippen LogP contribution < -0.4 is 0 Å². The van der Waals surface area contributed by atoms with Crippen molar-refractivity contribution in [2.24, 2.45) is 0 Å². The number of carbonyl (C=O) groups is 1. The molecule has 172 valence electrons. The van der Waals surface area contributed by atoms with E-state index in [9.17, 15) is 4.79 Å². The molecule has 6 aromatic rings. The van der Waals surface area contributed by atoms with Crippen molar-refractivity contribution in [2.45, 2.75) is 26.3 Å². The van der Waals surface area contributed by atoms with Crippen molar-refractivity contribution in [2.75, 3.05) is 0 Å². The number of aryl methyl sites for hydroxylation is 1. The number of thiophene rings is 1. The fraction of sp³-hybridized carbons (Fsp3) is 0.133. The molecule has 3 nitrogen and oxygen atoms in total. The molecule has 0 unspecified atom stereocenters. The molecule has 0 bridgehead atoms. The molecule has 6 rings (SSSR count). The van der Waals surface area contributed by atoms with Gasteiger partial charge in [-0.3, -0.25) is 4.79 Å². The summed E-state index contributed by atoms with van der Waals surface area (Å²) in [6.07, 6.45) is 3.26. The number of aldehydes is 1. The molecular weight excluding hydrogens is 468 g/mol. The van der Waals surface area contributed by atoms with Crippen LogP contribution in [0.2, 0.25) is 0 Å². The summed E-state index contributed by atoms with van der Waals surface area (Å²) in [6, 6.07) is 28.0. The van der Waals surface area contributed by atoms with Crippen molar-refractivity contribution in [1.82, 2.24) is 9.55 Å².